The van der Waals surface area contributed by atoms with Crippen molar-refractivity contribution in [2.24, 2.45) is 0 Å². The lowest BCUT2D eigenvalue weighted by molar-refractivity contribution is -0.113. The first-order valence-electron chi connectivity index (χ1n) is 8.66. The molecule has 0 heterocycles. The van der Waals surface area contributed by atoms with Crippen LogP contribution in [0, 0.1) is 0 Å². The second-order valence-electron chi connectivity index (χ2n) is 6.93. The zero-order chi connectivity index (χ0) is 18.9. The number of carbonyl (C=O) groups is 2. The molecule has 0 spiro atoms. The van der Waals surface area contributed by atoms with Crippen molar-refractivity contribution in [3.63, 3.8) is 0 Å². The molecule has 2 amide bonds. The fourth-order valence-electron chi connectivity index (χ4n) is 2.15. The van der Waals surface area contributed by atoms with Gasteiger partial charge in [0.15, 0.2) is 0 Å². The van der Waals surface area contributed by atoms with Gasteiger partial charge in [0.05, 0.1) is 5.75 Å². The molecule has 6 heteroatoms. The maximum absolute atomic E-state index is 12.1. The third-order valence-electron chi connectivity index (χ3n) is 3.53. The second-order valence-corrected chi connectivity index (χ2v) is 8.03. The van der Waals surface area contributed by atoms with E-state index in [1.807, 2.05) is 39.0 Å². The van der Waals surface area contributed by atoms with Gasteiger partial charge in [-0.3, -0.25) is 4.79 Å². The number of benzene rings is 1. The van der Waals surface area contributed by atoms with Gasteiger partial charge in [-0.05, 0) is 44.7 Å². The quantitative estimate of drug-likeness (QED) is 0.669. The SMILES string of the molecule is CCC(C)c1ccccc1NC(=O)CSCCNC(=O)OC(C)(C)C. The first-order valence-corrected chi connectivity index (χ1v) is 9.81. The standard InChI is InChI=1S/C19H30N2O3S/c1-6-14(2)15-9-7-8-10-16(15)21-17(22)13-25-12-11-20-18(23)24-19(3,4)5/h7-10,14H,6,11-13H2,1-5H3,(H,20,23)(H,21,22). The van der Waals surface area contributed by atoms with Crippen molar-refractivity contribution in [2.45, 2.75) is 52.6 Å². The molecule has 0 aromatic heterocycles. The molecule has 0 bridgehead atoms. The summed E-state index contributed by atoms with van der Waals surface area (Å²) in [5.41, 5.74) is 1.55. The Hall–Kier alpha value is -1.69. The van der Waals surface area contributed by atoms with Crippen LogP contribution < -0.4 is 10.6 Å². The van der Waals surface area contributed by atoms with Gasteiger partial charge in [0.1, 0.15) is 5.60 Å². The molecule has 0 fully saturated rings. The highest BCUT2D eigenvalue weighted by molar-refractivity contribution is 7.99. The number of rotatable bonds is 8. The molecule has 140 valence electrons. The van der Waals surface area contributed by atoms with Crippen molar-refractivity contribution in [3.8, 4) is 0 Å². The average molecular weight is 367 g/mol. The van der Waals surface area contributed by atoms with E-state index in [2.05, 4.69) is 30.5 Å². The number of thioether (sulfide) groups is 1. The van der Waals surface area contributed by atoms with Crippen LogP contribution in [0.2, 0.25) is 0 Å². The predicted octanol–water partition coefficient (Wildman–Crippen LogP) is 4.40. The van der Waals surface area contributed by atoms with Gasteiger partial charge in [-0.2, -0.15) is 11.8 Å². The molecule has 25 heavy (non-hydrogen) atoms. The Morgan fingerprint density at radius 2 is 1.92 bits per heavy atom. The van der Waals surface area contributed by atoms with Gasteiger partial charge >= 0.3 is 6.09 Å². The molecule has 1 aromatic rings. The number of hydrogen-bond acceptors (Lipinski definition) is 4. The van der Waals surface area contributed by atoms with Crippen LogP contribution in [0.3, 0.4) is 0 Å². The molecule has 0 aliphatic carbocycles. The maximum atomic E-state index is 12.1. The number of anilines is 1. The molecule has 1 unspecified atom stereocenters. The molecule has 0 radical (unpaired) electrons. The van der Waals surface area contributed by atoms with Gasteiger partial charge in [0.2, 0.25) is 5.91 Å². The van der Waals surface area contributed by atoms with E-state index in [1.165, 1.54) is 11.8 Å². The van der Waals surface area contributed by atoms with Gasteiger partial charge in [0, 0.05) is 18.0 Å². The Bertz CT molecular complexity index is 570. The average Bonchev–Trinajstić information content (AvgIpc) is 2.52. The summed E-state index contributed by atoms with van der Waals surface area (Å²) in [4.78, 5) is 23.6. The number of alkyl carbamates (subject to hydrolysis) is 1. The molecule has 5 nitrogen and oxygen atoms in total. The van der Waals surface area contributed by atoms with Crippen molar-refractivity contribution in [1.29, 1.82) is 0 Å². The zero-order valence-electron chi connectivity index (χ0n) is 15.8. The first-order chi connectivity index (χ1) is 11.7. The Kier molecular flexibility index (Phi) is 8.83. The highest BCUT2D eigenvalue weighted by Crippen LogP contribution is 2.26. The highest BCUT2D eigenvalue weighted by Gasteiger charge is 2.15. The minimum absolute atomic E-state index is 0.0296. The van der Waals surface area contributed by atoms with Gasteiger partial charge in [-0.15, -0.1) is 0 Å². The van der Waals surface area contributed by atoms with Crippen LogP contribution in [0.1, 0.15) is 52.5 Å². The lowest BCUT2D eigenvalue weighted by Gasteiger charge is -2.19. The van der Waals surface area contributed by atoms with Crippen LogP contribution >= 0.6 is 11.8 Å². The molecule has 0 saturated heterocycles. The molecule has 2 N–H and O–H groups in total. The fraction of sp³-hybridized carbons (Fsp3) is 0.579. The van der Waals surface area contributed by atoms with E-state index in [1.54, 1.807) is 0 Å². The molecule has 1 atom stereocenters. The van der Waals surface area contributed by atoms with Crippen LogP contribution in [0.5, 0.6) is 0 Å². The lowest BCUT2D eigenvalue weighted by Crippen LogP contribution is -2.33. The van der Waals surface area contributed by atoms with E-state index in [9.17, 15) is 9.59 Å². The molecule has 1 rings (SSSR count). The lowest BCUT2D eigenvalue weighted by atomic mass is 9.97. The zero-order valence-corrected chi connectivity index (χ0v) is 16.7. The highest BCUT2D eigenvalue weighted by atomic mass is 32.2. The summed E-state index contributed by atoms with van der Waals surface area (Å²) in [6.07, 6.45) is 0.595. The monoisotopic (exact) mass is 366 g/mol. The third-order valence-corrected chi connectivity index (χ3v) is 4.49. The van der Waals surface area contributed by atoms with Crippen molar-refractivity contribution in [1.82, 2.24) is 5.32 Å². The summed E-state index contributed by atoms with van der Waals surface area (Å²) >= 11 is 1.48. The number of carbonyl (C=O) groups excluding carboxylic acids is 2. The van der Waals surface area contributed by atoms with Gasteiger partial charge in [-0.1, -0.05) is 32.0 Å². The van der Waals surface area contributed by atoms with Crippen molar-refractivity contribution in [2.75, 3.05) is 23.4 Å². The molecule has 0 aliphatic rings. The number of para-hydroxylation sites is 1. The normalized spacial score (nSPS) is 12.4. The Labute approximate surface area is 155 Å². The number of ether oxygens (including phenoxy) is 1. The first kappa shape index (κ1) is 21.4. The van der Waals surface area contributed by atoms with E-state index in [0.717, 1.165) is 17.7 Å². The predicted molar refractivity (Wildman–Crippen MR) is 105 cm³/mol. The van der Waals surface area contributed by atoms with Gasteiger partial charge in [-0.25, -0.2) is 4.79 Å². The van der Waals surface area contributed by atoms with Crippen LogP contribution in [-0.4, -0.2) is 35.7 Å². The Balaban J connectivity index is 2.31. The molecular formula is C19H30N2O3S. The summed E-state index contributed by atoms with van der Waals surface area (Å²) in [6.45, 7) is 10.2. The topological polar surface area (TPSA) is 67.4 Å². The van der Waals surface area contributed by atoms with E-state index in [4.69, 9.17) is 4.74 Å². The van der Waals surface area contributed by atoms with E-state index < -0.39 is 11.7 Å². The van der Waals surface area contributed by atoms with Crippen molar-refractivity contribution in [3.05, 3.63) is 29.8 Å². The van der Waals surface area contributed by atoms with Gasteiger partial charge in [0.25, 0.3) is 0 Å². The largest absolute Gasteiger partial charge is 0.444 e. The molecule has 0 saturated carbocycles. The Morgan fingerprint density at radius 1 is 1.24 bits per heavy atom. The van der Waals surface area contributed by atoms with Crippen LogP contribution in [0.4, 0.5) is 10.5 Å². The summed E-state index contributed by atoms with van der Waals surface area (Å²) < 4.78 is 5.15. The summed E-state index contributed by atoms with van der Waals surface area (Å²) in [5.74, 6) is 1.38. The second kappa shape index (κ2) is 10.3. The number of hydrogen-bond donors (Lipinski definition) is 2. The minimum atomic E-state index is -0.500. The molecule has 0 aliphatic heterocycles. The maximum Gasteiger partial charge on any atom is 0.407 e. The van der Waals surface area contributed by atoms with Crippen LogP contribution in [0.15, 0.2) is 24.3 Å². The Morgan fingerprint density at radius 3 is 2.56 bits per heavy atom. The smallest absolute Gasteiger partial charge is 0.407 e. The molecule has 1 aromatic carbocycles. The van der Waals surface area contributed by atoms with Crippen molar-refractivity contribution < 1.29 is 14.3 Å². The van der Waals surface area contributed by atoms with Gasteiger partial charge < -0.3 is 15.4 Å². The fourth-order valence-corrected chi connectivity index (χ4v) is 2.80. The summed E-state index contributed by atoms with van der Waals surface area (Å²) in [5, 5.41) is 5.67. The van der Waals surface area contributed by atoms with Crippen molar-refractivity contribution >= 4 is 29.4 Å². The van der Waals surface area contributed by atoms with E-state index in [-0.39, 0.29) is 5.91 Å². The van der Waals surface area contributed by atoms with Crippen LogP contribution in [0.25, 0.3) is 0 Å². The summed E-state index contributed by atoms with van der Waals surface area (Å²) in [6, 6.07) is 7.92. The summed E-state index contributed by atoms with van der Waals surface area (Å²) in [7, 11) is 0. The van der Waals surface area contributed by atoms with E-state index >= 15 is 0 Å². The minimum Gasteiger partial charge on any atom is -0.444 e. The number of amides is 2. The molecular weight excluding hydrogens is 336 g/mol. The third kappa shape index (κ3) is 8.82. The number of nitrogens with one attached hydrogen (secondary N) is 2. The van der Waals surface area contributed by atoms with Crippen LogP contribution in [-0.2, 0) is 9.53 Å². The van der Waals surface area contributed by atoms with E-state index in [0.29, 0.717) is 24.0 Å².